The highest BCUT2D eigenvalue weighted by atomic mass is 19.4. The van der Waals surface area contributed by atoms with E-state index in [4.69, 9.17) is 4.74 Å². The Morgan fingerprint density at radius 3 is 2.50 bits per heavy atom. The molecule has 2 aliphatic rings. The van der Waals surface area contributed by atoms with Crippen LogP contribution in [0.3, 0.4) is 0 Å². The maximum absolute atomic E-state index is 13.2. The number of likely N-dealkylation sites (N-methyl/N-ethyl adjacent to an activating group) is 1. The largest absolute Gasteiger partial charge is 0.490 e. The molecule has 0 atom stereocenters. The summed E-state index contributed by atoms with van der Waals surface area (Å²) in [5.41, 5.74) is 1.59. The molecule has 1 aromatic heterocycles. The number of nitrogens with zero attached hydrogens (tertiary/aromatic N) is 3. The fourth-order valence-corrected chi connectivity index (χ4v) is 4.06. The van der Waals surface area contributed by atoms with E-state index >= 15 is 0 Å². The van der Waals surface area contributed by atoms with Crippen LogP contribution in [0.15, 0.2) is 48.5 Å². The number of para-hydroxylation sites is 1. The van der Waals surface area contributed by atoms with E-state index in [1.165, 1.54) is 18.2 Å². The summed E-state index contributed by atoms with van der Waals surface area (Å²) in [6.45, 7) is 2.64. The van der Waals surface area contributed by atoms with Crippen LogP contribution in [0.25, 0.3) is 5.57 Å². The van der Waals surface area contributed by atoms with E-state index < -0.39 is 11.7 Å². The maximum Gasteiger partial charge on any atom is 0.419 e. The first kappa shape index (κ1) is 22.3. The third-order valence-corrected chi connectivity index (χ3v) is 5.92. The van der Waals surface area contributed by atoms with Gasteiger partial charge >= 0.3 is 6.18 Å². The van der Waals surface area contributed by atoms with Crippen LogP contribution in [0, 0.1) is 0 Å². The molecule has 8 heteroatoms. The summed E-state index contributed by atoms with van der Waals surface area (Å²) in [4.78, 5) is 21.5. The Morgan fingerprint density at radius 2 is 1.81 bits per heavy atom. The van der Waals surface area contributed by atoms with Gasteiger partial charge in [0, 0.05) is 39.0 Å². The average Bonchev–Trinajstić information content (AvgIpc) is 2.79. The molecule has 1 amide bonds. The smallest absolute Gasteiger partial charge is 0.419 e. The van der Waals surface area contributed by atoms with Crippen molar-refractivity contribution in [3.8, 4) is 5.75 Å². The van der Waals surface area contributed by atoms with Gasteiger partial charge in [-0.25, -0.2) is 4.98 Å². The molecule has 0 radical (unpaired) electrons. The Balaban J connectivity index is 1.38. The topological polar surface area (TPSA) is 45.7 Å². The monoisotopic (exact) mass is 445 g/mol. The van der Waals surface area contributed by atoms with Crippen molar-refractivity contribution >= 4 is 11.5 Å². The molecule has 0 saturated carbocycles. The predicted octanol–water partition coefficient (Wildman–Crippen LogP) is 4.50. The van der Waals surface area contributed by atoms with Gasteiger partial charge in [0.05, 0.1) is 11.3 Å². The van der Waals surface area contributed by atoms with E-state index in [1.807, 2.05) is 12.1 Å². The molecule has 0 bridgehead atoms. The fraction of sp³-hybridized carbons (Fsp3) is 0.417. The molecule has 2 aromatic rings. The van der Waals surface area contributed by atoms with E-state index in [9.17, 15) is 18.0 Å². The van der Waals surface area contributed by atoms with E-state index in [-0.39, 0.29) is 17.8 Å². The van der Waals surface area contributed by atoms with Gasteiger partial charge in [-0.1, -0.05) is 24.3 Å². The number of pyridine rings is 1. The maximum atomic E-state index is 13.2. The van der Waals surface area contributed by atoms with Crippen LogP contribution in [0.1, 0.15) is 41.0 Å². The van der Waals surface area contributed by atoms with Crippen molar-refractivity contribution < 1.29 is 22.7 Å². The number of hydrogen-bond donors (Lipinski definition) is 0. The first-order valence-electron chi connectivity index (χ1n) is 10.8. The summed E-state index contributed by atoms with van der Waals surface area (Å²) in [5.74, 6) is -0.319. The van der Waals surface area contributed by atoms with Gasteiger partial charge in [-0.05, 0) is 43.3 Å². The highest BCUT2D eigenvalue weighted by Gasteiger charge is 2.35. The fourth-order valence-electron chi connectivity index (χ4n) is 4.06. The van der Waals surface area contributed by atoms with Gasteiger partial charge in [0.1, 0.15) is 17.5 Å². The molecule has 1 saturated heterocycles. The van der Waals surface area contributed by atoms with Crippen molar-refractivity contribution in [3.05, 3.63) is 65.5 Å². The van der Waals surface area contributed by atoms with E-state index in [0.717, 1.165) is 36.8 Å². The number of ether oxygens (including phenoxy) is 1. The number of aromatic nitrogens is 1. The lowest BCUT2D eigenvalue weighted by Crippen LogP contribution is -2.42. The van der Waals surface area contributed by atoms with E-state index in [0.29, 0.717) is 31.6 Å². The SMILES string of the molecule is CN1CC=C(c2cccc(C(=O)N3CCC(Oc4ccccc4C(F)(F)F)CC3)n2)CC1. The third-order valence-electron chi connectivity index (χ3n) is 5.92. The number of rotatable bonds is 4. The molecule has 3 heterocycles. The van der Waals surface area contributed by atoms with E-state index in [1.54, 1.807) is 11.0 Å². The zero-order valence-electron chi connectivity index (χ0n) is 17.9. The van der Waals surface area contributed by atoms with Crippen LogP contribution >= 0.6 is 0 Å². The number of alkyl halides is 3. The molecule has 5 nitrogen and oxygen atoms in total. The molecule has 170 valence electrons. The first-order chi connectivity index (χ1) is 15.3. The lowest BCUT2D eigenvalue weighted by Gasteiger charge is -2.32. The quantitative estimate of drug-likeness (QED) is 0.695. The van der Waals surface area contributed by atoms with Crippen molar-refractivity contribution in [1.82, 2.24) is 14.8 Å². The van der Waals surface area contributed by atoms with Crippen molar-refractivity contribution in [2.24, 2.45) is 0 Å². The number of carbonyl (C=O) groups excluding carboxylic acids is 1. The normalized spacial score (nSPS) is 18.4. The van der Waals surface area contributed by atoms with Gasteiger partial charge in [-0.2, -0.15) is 13.2 Å². The van der Waals surface area contributed by atoms with Crippen LogP contribution in [0.4, 0.5) is 13.2 Å². The van der Waals surface area contributed by atoms with Crippen molar-refractivity contribution in [3.63, 3.8) is 0 Å². The molecule has 32 heavy (non-hydrogen) atoms. The minimum atomic E-state index is -4.47. The third kappa shape index (κ3) is 5.12. The summed E-state index contributed by atoms with van der Waals surface area (Å²) in [5, 5.41) is 0. The van der Waals surface area contributed by atoms with E-state index in [2.05, 4.69) is 23.0 Å². The standard InChI is InChI=1S/C24H26F3N3O2/c1-29-13-9-17(10-14-29)20-6-4-7-21(28-20)23(31)30-15-11-18(12-16-30)32-22-8-3-2-5-19(22)24(25,26)27/h2-9,18H,10-16H2,1H3. The minimum Gasteiger partial charge on any atom is -0.490 e. The second kappa shape index (κ2) is 9.32. The summed E-state index contributed by atoms with van der Waals surface area (Å²) in [6.07, 6.45) is -0.867. The molecule has 1 aromatic carbocycles. The molecule has 0 N–H and O–H groups in total. The van der Waals surface area contributed by atoms with Gasteiger partial charge in [-0.15, -0.1) is 0 Å². The molecule has 0 unspecified atom stereocenters. The highest BCUT2D eigenvalue weighted by molar-refractivity contribution is 5.92. The lowest BCUT2D eigenvalue weighted by atomic mass is 10.0. The molecule has 0 aliphatic carbocycles. The van der Waals surface area contributed by atoms with Gasteiger partial charge < -0.3 is 14.5 Å². The molecule has 0 spiro atoms. The van der Waals surface area contributed by atoms with Crippen LogP contribution in [-0.4, -0.2) is 60.0 Å². The molecular weight excluding hydrogens is 419 g/mol. The molecule has 4 rings (SSSR count). The number of likely N-dealkylation sites (tertiary alicyclic amines) is 1. The highest BCUT2D eigenvalue weighted by Crippen LogP contribution is 2.37. The van der Waals surface area contributed by atoms with Gasteiger partial charge in [0.15, 0.2) is 0 Å². The Morgan fingerprint density at radius 1 is 1.06 bits per heavy atom. The molecule has 2 aliphatic heterocycles. The van der Waals surface area contributed by atoms with Crippen LogP contribution < -0.4 is 4.74 Å². The summed E-state index contributed by atoms with van der Waals surface area (Å²) in [6, 6.07) is 10.7. The number of carbonyl (C=O) groups is 1. The second-order valence-corrected chi connectivity index (χ2v) is 8.25. The first-order valence-corrected chi connectivity index (χ1v) is 10.8. The van der Waals surface area contributed by atoms with Crippen LogP contribution in [0.2, 0.25) is 0 Å². The number of halogens is 3. The van der Waals surface area contributed by atoms with Crippen molar-refractivity contribution in [1.29, 1.82) is 0 Å². The minimum absolute atomic E-state index is 0.158. The van der Waals surface area contributed by atoms with Gasteiger partial charge in [0.2, 0.25) is 0 Å². The van der Waals surface area contributed by atoms with Crippen LogP contribution in [-0.2, 0) is 6.18 Å². The summed E-state index contributed by atoms with van der Waals surface area (Å²) >= 11 is 0. The number of amides is 1. The lowest BCUT2D eigenvalue weighted by molar-refractivity contribution is -0.139. The number of piperidine rings is 1. The van der Waals surface area contributed by atoms with Gasteiger partial charge in [0.25, 0.3) is 5.91 Å². The van der Waals surface area contributed by atoms with Crippen LogP contribution in [0.5, 0.6) is 5.75 Å². The Bertz CT molecular complexity index is 998. The molecular formula is C24H26F3N3O2. The zero-order chi connectivity index (χ0) is 22.7. The van der Waals surface area contributed by atoms with Crippen molar-refractivity contribution in [2.45, 2.75) is 31.5 Å². The average molecular weight is 445 g/mol. The Labute approximate surface area is 185 Å². The Kier molecular flexibility index (Phi) is 6.50. The predicted molar refractivity (Wildman–Crippen MR) is 115 cm³/mol. The zero-order valence-corrected chi connectivity index (χ0v) is 17.9. The molecule has 1 fully saturated rings. The second-order valence-electron chi connectivity index (χ2n) is 8.25. The van der Waals surface area contributed by atoms with Crippen molar-refractivity contribution in [2.75, 3.05) is 33.2 Å². The number of benzene rings is 1. The number of hydrogen-bond acceptors (Lipinski definition) is 4. The summed E-state index contributed by atoms with van der Waals surface area (Å²) < 4.78 is 45.3. The van der Waals surface area contributed by atoms with Gasteiger partial charge in [-0.3, -0.25) is 4.79 Å². The Hall–Kier alpha value is -2.87. The summed E-state index contributed by atoms with van der Waals surface area (Å²) in [7, 11) is 2.07.